The van der Waals surface area contributed by atoms with Crippen LogP contribution in [0.4, 0.5) is 34.1 Å². The Morgan fingerprint density at radius 3 is 1.42 bits per heavy atom. The van der Waals surface area contributed by atoms with Crippen LogP contribution in [0.1, 0.15) is 214 Å². The van der Waals surface area contributed by atoms with E-state index >= 15 is 0 Å². The summed E-state index contributed by atoms with van der Waals surface area (Å²) >= 11 is 8.35. The number of aliphatic carboxylic acids is 2. The van der Waals surface area contributed by atoms with Crippen LogP contribution in [-0.2, 0) is 85.8 Å². The van der Waals surface area contributed by atoms with Crippen molar-refractivity contribution in [3.63, 3.8) is 0 Å². The second kappa shape index (κ2) is 65.6. The lowest BCUT2D eigenvalue weighted by Gasteiger charge is -2.36. The standard InChI is InChI=1S/C33H45N3O10.C14H18N2O4.C14H20N2O2.C11H9NO5.C10H10BrNO3.C8H14O4.C7H4ClNO3.C4H6O2/c1-4-29(40)45-22-33(2,3)30(41)31(42)36-16-6-5-11-25(36)32(43)46-26(12-8-15-35-17-19-44-20-18-35)23-9-7-10-24(21-23)34-27(37)13-14-28(38)39;17-14(5-2-6-15-7-9-20-10-8-15)12-3-1-4-13(11-12)16(18)19;15-13-4-1-3-12(11-13)14(17)5-2-6-16-7-9-18-10-8-16;13-10(9-4-5-17-11(9)14)7-2-1-3-8(6-7)12(15)16;11-6-2-5-10(13)8-3-1-4-9(7-8)12(14)15;1-8(2,3)12-7(11)5-4-6(9)10;8-7(10)5-2-1-3-6(4-5)9(11)12;5-4-2-1-3-6-4/h4,7,9-10,21,25-26H,1,5-6,8,11-20,22H2,2-3H3,(H,34,37)(H,38,39);1,3-4,11H,2,5-10H2;1,3-4,11H,2,5-10,15H2;1-3,6,9H,4-5H2;1,3-4,7H,2,5-6H2;4-5H2,1-3H3,(H,9,10);1-4H;1-3H2/t25-,26+;;;;;;;/m0......./s1. The number of hydrogen-bond donors (Lipinski definition) is 4. The first-order chi connectivity index (χ1) is 69.4. The maximum atomic E-state index is 13.7. The van der Waals surface area contributed by atoms with Crippen molar-refractivity contribution in [2.75, 3.05) is 141 Å². The summed E-state index contributed by atoms with van der Waals surface area (Å²) in [6, 6.07) is 35.4. The summed E-state index contributed by atoms with van der Waals surface area (Å²) in [7, 11) is 0. The van der Waals surface area contributed by atoms with Crippen molar-refractivity contribution >= 4 is 149 Å². The van der Waals surface area contributed by atoms with Gasteiger partial charge in [0.15, 0.2) is 23.1 Å². The number of nitro groups is 4. The zero-order valence-corrected chi connectivity index (χ0v) is 84.5. The molecule has 0 aliphatic carbocycles. The monoisotopic (exact) mass is 2120 g/mol. The van der Waals surface area contributed by atoms with Crippen molar-refractivity contribution in [1.29, 1.82) is 0 Å². The van der Waals surface area contributed by atoms with Crippen molar-refractivity contribution in [1.82, 2.24) is 19.6 Å². The van der Waals surface area contributed by atoms with Crippen molar-refractivity contribution in [3.8, 4) is 0 Å². The molecule has 0 aromatic heterocycles. The lowest BCUT2D eigenvalue weighted by Crippen LogP contribution is -2.53. The number of nitro benzene ring substituents is 4. The van der Waals surface area contributed by atoms with E-state index in [-0.39, 0.29) is 103 Å². The molecule has 6 aliphatic heterocycles. The molecular formula is C101H126BrClN10O33. The van der Waals surface area contributed by atoms with E-state index in [0.29, 0.717) is 112 Å². The number of ether oxygens (including phenoxy) is 8. The molecule has 6 fully saturated rings. The number of anilines is 2. The summed E-state index contributed by atoms with van der Waals surface area (Å²) in [5, 5.41) is 61.8. The molecule has 0 radical (unpaired) electrons. The zero-order chi connectivity index (χ0) is 108. The smallest absolute Gasteiger partial charge is 0.330 e. The van der Waals surface area contributed by atoms with Crippen LogP contribution in [-0.4, -0.2) is 279 Å². The number of carbonyl (C=O) groups is 15. The summed E-state index contributed by atoms with van der Waals surface area (Å²) in [5.74, 6) is -7.71. The van der Waals surface area contributed by atoms with E-state index in [1.807, 2.05) is 12.1 Å². The van der Waals surface area contributed by atoms with Gasteiger partial charge in [0.2, 0.25) is 11.7 Å². The van der Waals surface area contributed by atoms with Gasteiger partial charge in [0.25, 0.3) is 33.9 Å². The number of piperidine rings is 1. The fraction of sp³-hybridized carbons (Fsp3) is 0.475. The average Bonchev–Trinajstić information content (AvgIpc) is 0.855. The third kappa shape index (κ3) is 47.8. The predicted molar refractivity (Wildman–Crippen MR) is 535 cm³/mol. The number of morpholine rings is 3. The summed E-state index contributed by atoms with van der Waals surface area (Å²) in [6.45, 7) is 24.7. The molecule has 0 spiro atoms. The summed E-state index contributed by atoms with van der Waals surface area (Å²) in [5.41, 5.74) is 6.98. The van der Waals surface area contributed by atoms with Gasteiger partial charge >= 0.3 is 41.8 Å². The molecule has 0 bridgehead atoms. The number of hydrogen-bond acceptors (Lipinski definition) is 35. The highest BCUT2D eigenvalue weighted by Gasteiger charge is 2.43. The van der Waals surface area contributed by atoms with Crippen LogP contribution in [0, 0.1) is 51.8 Å². The van der Waals surface area contributed by atoms with Crippen molar-refractivity contribution in [3.05, 3.63) is 232 Å². The van der Waals surface area contributed by atoms with Gasteiger partial charge in [0.1, 0.15) is 30.3 Å². The predicted octanol–water partition coefficient (Wildman–Crippen LogP) is 14.1. The Hall–Kier alpha value is -13.8. The van der Waals surface area contributed by atoms with Gasteiger partial charge in [0.05, 0.1) is 97.2 Å². The van der Waals surface area contributed by atoms with Crippen LogP contribution >= 0.6 is 27.5 Å². The number of halogens is 2. The van der Waals surface area contributed by atoms with Crippen LogP contribution in [0.3, 0.4) is 0 Å². The van der Waals surface area contributed by atoms with Crippen molar-refractivity contribution < 1.29 is 140 Å². The molecular weight excluding hydrogens is 2000 g/mol. The molecule has 6 aromatic carbocycles. The number of likely N-dealkylation sites (tertiary alicyclic amines) is 1. The van der Waals surface area contributed by atoms with Gasteiger partial charge < -0.3 is 64.1 Å². The Morgan fingerprint density at radius 1 is 0.534 bits per heavy atom. The number of carboxylic acid groups (broad SMARTS) is 2. The van der Waals surface area contributed by atoms with Gasteiger partial charge in [0, 0.05) is 183 Å². The van der Waals surface area contributed by atoms with Gasteiger partial charge in [-0.2, -0.15) is 0 Å². The highest BCUT2D eigenvalue weighted by atomic mass is 79.9. The number of nitrogen functional groups attached to an aromatic ring is 1. The number of rotatable bonds is 40. The minimum Gasteiger partial charge on any atom is -0.481 e. The maximum Gasteiger partial charge on any atom is 0.330 e. The van der Waals surface area contributed by atoms with E-state index < -0.39 is 113 Å². The number of carbonyl (C=O) groups excluding carboxylic acids is 13. The number of nitrogens with one attached hydrogen (secondary N) is 1. The second-order valence-corrected chi connectivity index (χ2v) is 36.2. The van der Waals surface area contributed by atoms with Gasteiger partial charge in [-0.25, -0.2) is 9.59 Å². The second-order valence-electron chi connectivity index (χ2n) is 35.1. The molecule has 146 heavy (non-hydrogen) atoms. The Bertz CT molecular complexity index is 5410. The molecule has 6 aromatic rings. The molecule has 43 nitrogen and oxygen atoms in total. The quantitative estimate of drug-likeness (QED) is 0.00237. The number of benzene rings is 6. The maximum absolute atomic E-state index is 13.7. The number of Topliss-reactive ketones (excluding diaryl/α,β-unsaturated/α-hetero) is 5. The third-order valence-electron chi connectivity index (χ3n) is 22.1. The molecule has 1 unspecified atom stereocenters. The largest absolute Gasteiger partial charge is 0.481 e. The van der Waals surface area contributed by atoms with E-state index in [0.717, 1.165) is 134 Å². The molecule has 2 amide bonds. The van der Waals surface area contributed by atoms with E-state index in [4.69, 9.17) is 60.7 Å². The van der Waals surface area contributed by atoms with Crippen LogP contribution in [0.15, 0.2) is 158 Å². The number of alkyl halides is 1. The number of non-ortho nitro benzene ring substituents is 4. The third-order valence-corrected chi connectivity index (χ3v) is 22.9. The van der Waals surface area contributed by atoms with Gasteiger partial charge in [-0.1, -0.05) is 89.2 Å². The van der Waals surface area contributed by atoms with Gasteiger partial charge in [-0.15, -0.1) is 0 Å². The number of nitrogens with zero attached hydrogens (tertiary/aromatic N) is 8. The topological polar surface area (TPSA) is 594 Å². The highest BCUT2D eigenvalue weighted by molar-refractivity contribution is 9.09. The molecule has 6 aliphatic rings. The zero-order valence-electron chi connectivity index (χ0n) is 82.2. The average molecular weight is 2120 g/mol. The lowest BCUT2D eigenvalue weighted by molar-refractivity contribution is -0.385. The first-order valence-corrected chi connectivity index (χ1v) is 48.7. The SMILES string of the molecule is C=CC(=O)OCC(C)(C)C(=O)C(=O)N1CCCC[C@H]1C(=O)O[C@H](CCCN1CCOCC1)c1cccc(NC(=O)CCC(=O)O)c1.CC(C)(C)OC(=O)CCC(=O)O.Nc1cccc(C(=O)CCCN2CCOCC2)c1.O=C(CCCBr)c1cccc([N+](=O)[O-])c1.O=C(CCCN1CCOCC1)c1cccc([N+](=O)[O-])c1.O=C(Cl)c1cccc([N+](=O)[O-])c1.O=C1CCCO1.O=C1OCCC1C(=O)c1cccc([N+](=O)[O-])c1. The summed E-state index contributed by atoms with van der Waals surface area (Å²) in [6.07, 6.45) is 7.97. The van der Waals surface area contributed by atoms with Gasteiger partial charge in [-0.05, 0) is 160 Å². The van der Waals surface area contributed by atoms with E-state index in [1.54, 1.807) is 75.4 Å². The molecule has 5 N–H and O–H groups in total. The fourth-order valence-corrected chi connectivity index (χ4v) is 14.8. The first kappa shape index (κ1) is 123. The number of cyclic esters (lactones) is 2. The minimum absolute atomic E-state index is 0.0379. The van der Waals surface area contributed by atoms with E-state index in [1.165, 1.54) is 91.5 Å². The van der Waals surface area contributed by atoms with Crippen LogP contribution in [0.5, 0.6) is 0 Å². The molecule has 6 saturated heterocycles. The fourth-order valence-electron chi connectivity index (χ4n) is 14.4. The Morgan fingerprint density at radius 2 is 0.986 bits per heavy atom. The summed E-state index contributed by atoms with van der Waals surface area (Å²) < 4.78 is 41.2. The Balaban J connectivity index is 0.000000316. The van der Waals surface area contributed by atoms with Gasteiger partial charge in [-0.3, -0.25) is 117 Å². The highest BCUT2D eigenvalue weighted by Crippen LogP contribution is 2.32. The molecule has 3 atom stereocenters. The number of ketones is 5. The molecule has 792 valence electrons. The summed E-state index contributed by atoms with van der Waals surface area (Å²) in [4.78, 5) is 223. The molecule has 45 heteroatoms. The molecule has 12 rings (SSSR count). The van der Waals surface area contributed by atoms with Crippen LogP contribution < -0.4 is 11.1 Å². The van der Waals surface area contributed by atoms with Crippen molar-refractivity contribution in [2.45, 2.75) is 168 Å². The molecule has 6 heterocycles. The van der Waals surface area contributed by atoms with E-state index in [9.17, 15) is 112 Å². The Kier molecular flexibility index (Phi) is 55.1. The first-order valence-electron chi connectivity index (χ1n) is 47.2. The number of nitrogens with two attached hydrogens (primary N) is 1. The Labute approximate surface area is 856 Å². The van der Waals surface area contributed by atoms with E-state index in [2.05, 4.69) is 47.3 Å². The normalized spacial score (nSPS) is 15.6. The number of esters is 5. The number of carboxylic acids is 2. The number of amides is 2. The molecule has 0 saturated carbocycles. The van der Waals surface area contributed by atoms with Crippen molar-refractivity contribution in [2.24, 2.45) is 11.3 Å². The van der Waals surface area contributed by atoms with Crippen LogP contribution in [0.25, 0.3) is 0 Å². The minimum atomic E-state index is -1.32. The lowest BCUT2D eigenvalue weighted by atomic mass is 9.87. The van der Waals surface area contributed by atoms with Crippen LogP contribution in [0.2, 0.25) is 0 Å².